The second-order valence-electron chi connectivity index (χ2n) is 4.01. The van der Waals surface area contributed by atoms with E-state index in [1.54, 1.807) is 12.4 Å². The number of hydrogen-bond donors (Lipinski definition) is 1. The van der Waals surface area contributed by atoms with Gasteiger partial charge in [0.25, 0.3) is 0 Å². The highest BCUT2D eigenvalue weighted by Gasteiger charge is 2.51. The third kappa shape index (κ3) is 0.879. The lowest BCUT2D eigenvalue weighted by Gasteiger charge is -2.44. The standard InChI is InChI=1S/C10H13N3/c1-3-10(8(1)2-4-13-10)9-7-11-5-6-12-9/h5-8,13H,1-4H2. The minimum absolute atomic E-state index is 0.203. The van der Waals surface area contributed by atoms with Crippen LogP contribution in [0.15, 0.2) is 18.6 Å². The van der Waals surface area contributed by atoms with Gasteiger partial charge < -0.3 is 5.32 Å². The number of aromatic nitrogens is 2. The van der Waals surface area contributed by atoms with Gasteiger partial charge in [0, 0.05) is 12.4 Å². The Morgan fingerprint density at radius 2 is 2.38 bits per heavy atom. The molecule has 2 unspecified atom stereocenters. The maximum absolute atomic E-state index is 4.41. The van der Waals surface area contributed by atoms with Crippen molar-refractivity contribution in [1.82, 2.24) is 15.3 Å². The fourth-order valence-electron chi connectivity index (χ4n) is 2.69. The van der Waals surface area contributed by atoms with E-state index in [9.17, 15) is 0 Å². The lowest BCUT2D eigenvalue weighted by atomic mass is 9.66. The molecule has 1 aromatic rings. The van der Waals surface area contributed by atoms with E-state index in [1.165, 1.54) is 19.3 Å². The van der Waals surface area contributed by atoms with Crippen LogP contribution in [-0.2, 0) is 5.54 Å². The van der Waals surface area contributed by atoms with Crippen LogP contribution < -0.4 is 5.32 Å². The van der Waals surface area contributed by atoms with Gasteiger partial charge in [-0.2, -0.15) is 0 Å². The molecule has 1 saturated carbocycles. The molecule has 3 rings (SSSR count). The zero-order chi connectivity index (χ0) is 8.73. The van der Waals surface area contributed by atoms with E-state index in [2.05, 4.69) is 15.3 Å². The van der Waals surface area contributed by atoms with Crippen LogP contribution in [0.4, 0.5) is 0 Å². The van der Waals surface area contributed by atoms with Crippen LogP contribution in [0.1, 0.15) is 25.0 Å². The molecule has 2 atom stereocenters. The summed E-state index contributed by atoms with van der Waals surface area (Å²) in [5, 5.41) is 3.58. The zero-order valence-electron chi connectivity index (χ0n) is 7.53. The van der Waals surface area contributed by atoms with Crippen molar-refractivity contribution >= 4 is 0 Å². The number of nitrogens with zero attached hydrogens (tertiary/aromatic N) is 2. The fraction of sp³-hybridized carbons (Fsp3) is 0.600. The predicted molar refractivity (Wildman–Crippen MR) is 49.1 cm³/mol. The van der Waals surface area contributed by atoms with Gasteiger partial charge in [0.2, 0.25) is 0 Å². The molecule has 68 valence electrons. The van der Waals surface area contributed by atoms with Crippen molar-refractivity contribution in [2.75, 3.05) is 6.54 Å². The lowest BCUT2D eigenvalue weighted by molar-refractivity contribution is 0.130. The summed E-state index contributed by atoms with van der Waals surface area (Å²) in [6.45, 7) is 1.14. The first-order chi connectivity index (χ1) is 6.42. The molecule has 0 spiro atoms. The SMILES string of the molecule is c1cnc(C23CCC2CCN3)cn1. The minimum Gasteiger partial charge on any atom is -0.306 e. The van der Waals surface area contributed by atoms with E-state index in [1.807, 2.05) is 6.20 Å². The Morgan fingerprint density at radius 3 is 3.00 bits per heavy atom. The second kappa shape index (κ2) is 2.51. The molecule has 3 heteroatoms. The number of fused-ring (bicyclic) bond motifs is 1. The van der Waals surface area contributed by atoms with Crippen molar-refractivity contribution in [2.24, 2.45) is 5.92 Å². The van der Waals surface area contributed by atoms with Gasteiger partial charge in [0.15, 0.2) is 0 Å². The molecule has 1 N–H and O–H groups in total. The molecule has 2 aliphatic rings. The van der Waals surface area contributed by atoms with Gasteiger partial charge >= 0.3 is 0 Å². The molecule has 0 bridgehead atoms. The Kier molecular flexibility index (Phi) is 1.44. The highest BCUT2D eigenvalue weighted by molar-refractivity contribution is 5.21. The van der Waals surface area contributed by atoms with E-state index in [-0.39, 0.29) is 5.54 Å². The Bertz CT molecular complexity index is 311. The van der Waals surface area contributed by atoms with Crippen molar-refractivity contribution < 1.29 is 0 Å². The molecule has 0 radical (unpaired) electrons. The van der Waals surface area contributed by atoms with Gasteiger partial charge in [0.05, 0.1) is 17.4 Å². The van der Waals surface area contributed by atoms with Crippen molar-refractivity contribution in [1.29, 1.82) is 0 Å². The highest BCUT2D eigenvalue weighted by Crippen LogP contribution is 2.50. The molecule has 1 saturated heterocycles. The molecular formula is C10H13N3. The summed E-state index contributed by atoms with van der Waals surface area (Å²) in [7, 11) is 0. The first-order valence-corrected chi connectivity index (χ1v) is 4.93. The van der Waals surface area contributed by atoms with Gasteiger partial charge in [0.1, 0.15) is 0 Å². The number of rotatable bonds is 1. The fourth-order valence-corrected chi connectivity index (χ4v) is 2.69. The summed E-state index contributed by atoms with van der Waals surface area (Å²) in [6, 6.07) is 0. The molecule has 13 heavy (non-hydrogen) atoms. The molecule has 1 aliphatic heterocycles. The molecule has 0 aromatic carbocycles. The summed E-state index contributed by atoms with van der Waals surface area (Å²) in [6.07, 6.45) is 9.32. The summed E-state index contributed by atoms with van der Waals surface area (Å²) in [5.41, 5.74) is 1.35. The van der Waals surface area contributed by atoms with Gasteiger partial charge in [-0.25, -0.2) is 0 Å². The van der Waals surface area contributed by atoms with Gasteiger partial charge in [-0.15, -0.1) is 0 Å². The average Bonchev–Trinajstić information content (AvgIpc) is 2.45. The van der Waals surface area contributed by atoms with E-state index in [4.69, 9.17) is 0 Å². The molecular weight excluding hydrogens is 162 g/mol. The number of hydrogen-bond acceptors (Lipinski definition) is 3. The Balaban J connectivity index is 2.00. The molecule has 1 aromatic heterocycles. The quantitative estimate of drug-likeness (QED) is 0.694. The highest BCUT2D eigenvalue weighted by atomic mass is 15.1. The molecule has 2 fully saturated rings. The predicted octanol–water partition coefficient (Wildman–Crippen LogP) is 1.08. The van der Waals surface area contributed by atoms with Gasteiger partial charge in [-0.1, -0.05) is 0 Å². The number of nitrogens with one attached hydrogen (secondary N) is 1. The third-order valence-electron chi connectivity index (χ3n) is 3.54. The monoisotopic (exact) mass is 175 g/mol. The van der Waals surface area contributed by atoms with Crippen molar-refractivity contribution in [2.45, 2.75) is 24.8 Å². The van der Waals surface area contributed by atoms with Crippen LogP contribution in [0.2, 0.25) is 0 Å². The summed E-state index contributed by atoms with van der Waals surface area (Å²) in [4.78, 5) is 8.55. The van der Waals surface area contributed by atoms with Crippen molar-refractivity contribution in [3.05, 3.63) is 24.3 Å². The van der Waals surface area contributed by atoms with Gasteiger partial charge in [-0.3, -0.25) is 9.97 Å². The van der Waals surface area contributed by atoms with Crippen molar-refractivity contribution in [3.63, 3.8) is 0 Å². The topological polar surface area (TPSA) is 37.8 Å². The summed E-state index contributed by atoms with van der Waals surface area (Å²) >= 11 is 0. The van der Waals surface area contributed by atoms with E-state index < -0.39 is 0 Å². The van der Waals surface area contributed by atoms with Crippen LogP contribution >= 0.6 is 0 Å². The van der Waals surface area contributed by atoms with Crippen LogP contribution in [0, 0.1) is 5.92 Å². The van der Waals surface area contributed by atoms with Crippen LogP contribution in [0.25, 0.3) is 0 Å². The molecule has 0 amide bonds. The first kappa shape index (κ1) is 7.44. The van der Waals surface area contributed by atoms with E-state index >= 15 is 0 Å². The van der Waals surface area contributed by atoms with Gasteiger partial charge in [-0.05, 0) is 31.7 Å². The van der Waals surface area contributed by atoms with Crippen LogP contribution in [-0.4, -0.2) is 16.5 Å². The Morgan fingerprint density at radius 1 is 1.38 bits per heavy atom. The molecule has 2 heterocycles. The largest absolute Gasteiger partial charge is 0.306 e. The third-order valence-corrected chi connectivity index (χ3v) is 3.54. The first-order valence-electron chi connectivity index (χ1n) is 4.93. The molecule has 3 nitrogen and oxygen atoms in total. The van der Waals surface area contributed by atoms with Crippen molar-refractivity contribution in [3.8, 4) is 0 Å². The van der Waals surface area contributed by atoms with E-state index in [0.29, 0.717) is 0 Å². The second-order valence-corrected chi connectivity index (χ2v) is 4.01. The maximum Gasteiger partial charge on any atom is 0.0790 e. The summed E-state index contributed by atoms with van der Waals surface area (Å²) < 4.78 is 0. The zero-order valence-corrected chi connectivity index (χ0v) is 7.53. The van der Waals surface area contributed by atoms with Crippen LogP contribution in [0.5, 0.6) is 0 Å². The minimum atomic E-state index is 0.203. The Hall–Kier alpha value is -0.960. The van der Waals surface area contributed by atoms with E-state index in [0.717, 1.165) is 18.2 Å². The van der Waals surface area contributed by atoms with Crippen LogP contribution in [0.3, 0.4) is 0 Å². The normalized spacial score (nSPS) is 36.8. The Labute approximate surface area is 77.6 Å². The smallest absolute Gasteiger partial charge is 0.0790 e. The molecule has 1 aliphatic carbocycles. The average molecular weight is 175 g/mol. The summed E-state index contributed by atoms with van der Waals surface area (Å²) in [5.74, 6) is 0.809. The lowest BCUT2D eigenvalue weighted by Crippen LogP contribution is -2.49. The maximum atomic E-state index is 4.41.